The van der Waals surface area contributed by atoms with E-state index in [0.717, 1.165) is 11.8 Å². The Labute approximate surface area is 157 Å². The maximum absolute atomic E-state index is 12.2. The molecule has 0 aromatic heterocycles. The maximum Gasteiger partial charge on any atom is 0.335 e. The summed E-state index contributed by atoms with van der Waals surface area (Å²) in [7, 11) is -1.96. The van der Waals surface area contributed by atoms with Crippen molar-refractivity contribution in [3.05, 3.63) is 59.2 Å². The largest absolute Gasteiger partial charge is 0.496 e. The first-order valence-electron chi connectivity index (χ1n) is 8.17. The molecule has 0 fully saturated rings. The van der Waals surface area contributed by atoms with Crippen LogP contribution in [0.15, 0.2) is 47.4 Å². The molecule has 1 amide bonds. The predicted molar refractivity (Wildman–Crippen MR) is 99.9 cm³/mol. The van der Waals surface area contributed by atoms with Crippen LogP contribution in [-0.4, -0.2) is 45.3 Å². The van der Waals surface area contributed by atoms with Gasteiger partial charge in [-0.15, -0.1) is 0 Å². The summed E-state index contributed by atoms with van der Waals surface area (Å²) in [4.78, 5) is 23.3. The Kier molecular flexibility index (Phi) is 6.57. The van der Waals surface area contributed by atoms with E-state index in [2.05, 4.69) is 5.32 Å². The average Bonchev–Trinajstić information content (AvgIpc) is 2.61. The van der Waals surface area contributed by atoms with Gasteiger partial charge in [0.25, 0.3) is 0 Å². The number of methoxy groups -OCH3 is 1. The van der Waals surface area contributed by atoms with Crippen LogP contribution in [0.5, 0.6) is 5.75 Å². The molecule has 2 aromatic rings. The number of hydrogen-bond donors (Lipinski definition) is 2. The molecule has 0 bridgehead atoms. The molecule has 27 heavy (non-hydrogen) atoms. The minimum absolute atomic E-state index is 0.0433. The van der Waals surface area contributed by atoms with E-state index in [4.69, 9.17) is 9.84 Å². The number of carboxylic acid groups (broad SMARTS) is 1. The van der Waals surface area contributed by atoms with E-state index in [1.807, 2.05) is 0 Å². The first-order valence-corrected chi connectivity index (χ1v) is 10.1. The van der Waals surface area contributed by atoms with Gasteiger partial charge in [0.15, 0.2) is 9.84 Å². The van der Waals surface area contributed by atoms with Crippen molar-refractivity contribution >= 4 is 21.7 Å². The summed E-state index contributed by atoms with van der Waals surface area (Å²) in [6.45, 7) is 0.308. The molecule has 0 unspecified atom stereocenters. The van der Waals surface area contributed by atoms with Gasteiger partial charge in [-0.05, 0) is 35.7 Å². The summed E-state index contributed by atoms with van der Waals surface area (Å²) in [6.07, 6.45) is 1.51. The van der Waals surface area contributed by atoms with Crippen molar-refractivity contribution in [1.29, 1.82) is 0 Å². The molecule has 0 saturated carbocycles. The number of hydrogen-bond acceptors (Lipinski definition) is 5. The highest BCUT2D eigenvalue weighted by atomic mass is 32.2. The van der Waals surface area contributed by atoms with Crippen LogP contribution < -0.4 is 10.1 Å². The maximum atomic E-state index is 12.2. The lowest BCUT2D eigenvalue weighted by Gasteiger charge is -2.11. The number of carboxylic acids is 1. The zero-order valence-corrected chi connectivity index (χ0v) is 15.9. The normalized spacial score (nSPS) is 11.0. The van der Waals surface area contributed by atoms with Crippen LogP contribution >= 0.6 is 0 Å². The van der Waals surface area contributed by atoms with Gasteiger partial charge in [-0.1, -0.05) is 24.3 Å². The Balaban J connectivity index is 1.99. The third-order valence-corrected chi connectivity index (χ3v) is 5.17. The van der Waals surface area contributed by atoms with Gasteiger partial charge < -0.3 is 15.2 Å². The molecule has 0 aliphatic carbocycles. The highest BCUT2D eigenvalue weighted by molar-refractivity contribution is 7.90. The van der Waals surface area contributed by atoms with Gasteiger partial charge in [0, 0.05) is 12.8 Å². The van der Waals surface area contributed by atoms with Gasteiger partial charge in [0.2, 0.25) is 5.91 Å². The second kappa shape index (κ2) is 8.68. The smallest absolute Gasteiger partial charge is 0.335 e. The second-order valence-electron chi connectivity index (χ2n) is 5.99. The minimum atomic E-state index is -3.41. The summed E-state index contributed by atoms with van der Waals surface area (Å²) in [6, 6.07) is 11.0. The number of carbonyl (C=O) groups is 2. The lowest BCUT2D eigenvalue weighted by Crippen LogP contribution is -2.27. The van der Waals surface area contributed by atoms with Gasteiger partial charge >= 0.3 is 5.97 Å². The molecule has 0 radical (unpaired) electrons. The Bertz CT molecular complexity index is 952. The van der Waals surface area contributed by atoms with Crippen molar-refractivity contribution in [2.24, 2.45) is 0 Å². The van der Waals surface area contributed by atoms with E-state index in [9.17, 15) is 18.0 Å². The van der Waals surface area contributed by atoms with Crippen LogP contribution in [0, 0.1) is 0 Å². The zero-order valence-electron chi connectivity index (χ0n) is 15.1. The minimum Gasteiger partial charge on any atom is -0.496 e. The first kappa shape index (κ1) is 20.4. The Morgan fingerprint density at radius 2 is 1.81 bits per heavy atom. The molecule has 2 N–H and O–H groups in total. The molecule has 0 aliphatic rings. The van der Waals surface area contributed by atoms with Gasteiger partial charge in [-0.25, -0.2) is 13.2 Å². The number of rotatable bonds is 8. The molecule has 0 heterocycles. The number of benzene rings is 2. The van der Waals surface area contributed by atoms with Crippen LogP contribution in [0.2, 0.25) is 0 Å². The zero-order chi connectivity index (χ0) is 20.0. The van der Waals surface area contributed by atoms with Gasteiger partial charge in [0.05, 0.1) is 24.0 Å². The second-order valence-corrected chi connectivity index (χ2v) is 7.97. The third kappa shape index (κ3) is 5.55. The summed E-state index contributed by atoms with van der Waals surface area (Å²) in [5.41, 5.74) is 1.33. The standard InChI is InChI=1S/C19H21NO6S/c1-26-16-11-15(19(22)23)8-7-13(16)9-10-20-18(21)12-14-5-3-4-6-17(14)27(2,24)25/h3-8,11H,9-10,12H2,1-2H3,(H,20,21)(H,22,23). The molecule has 2 rings (SSSR count). The molecule has 8 heteroatoms. The van der Waals surface area contributed by atoms with Crippen molar-refractivity contribution in [2.75, 3.05) is 19.9 Å². The SMILES string of the molecule is COc1cc(C(=O)O)ccc1CCNC(=O)Cc1ccccc1S(C)(=O)=O. The summed E-state index contributed by atoms with van der Waals surface area (Å²) in [5, 5.41) is 11.8. The third-order valence-electron chi connectivity index (χ3n) is 3.97. The van der Waals surface area contributed by atoms with Crippen LogP contribution in [0.1, 0.15) is 21.5 Å². The fourth-order valence-corrected chi connectivity index (χ4v) is 3.61. The van der Waals surface area contributed by atoms with Crippen LogP contribution in [0.3, 0.4) is 0 Å². The van der Waals surface area contributed by atoms with Gasteiger partial charge in [-0.2, -0.15) is 0 Å². The van der Waals surface area contributed by atoms with E-state index in [0.29, 0.717) is 24.3 Å². The molecule has 7 nitrogen and oxygen atoms in total. The highest BCUT2D eigenvalue weighted by Crippen LogP contribution is 2.21. The number of amides is 1. The van der Waals surface area contributed by atoms with Crippen LogP contribution in [0.4, 0.5) is 0 Å². The average molecular weight is 391 g/mol. The molecular formula is C19H21NO6S. The van der Waals surface area contributed by atoms with E-state index in [-0.39, 0.29) is 22.8 Å². The summed E-state index contributed by atoms with van der Waals surface area (Å²) >= 11 is 0. The van der Waals surface area contributed by atoms with Gasteiger partial charge in [-0.3, -0.25) is 4.79 Å². The monoisotopic (exact) mass is 391 g/mol. The van der Waals surface area contributed by atoms with Crippen molar-refractivity contribution in [1.82, 2.24) is 5.32 Å². The number of sulfone groups is 1. The Hall–Kier alpha value is -2.87. The number of carbonyl (C=O) groups excluding carboxylic acids is 1. The summed E-state index contributed by atoms with van der Waals surface area (Å²) < 4.78 is 28.8. The van der Waals surface area contributed by atoms with Gasteiger partial charge in [0.1, 0.15) is 5.75 Å². The van der Waals surface area contributed by atoms with Crippen molar-refractivity contribution < 1.29 is 27.9 Å². The first-order chi connectivity index (χ1) is 12.7. The molecule has 0 aliphatic heterocycles. The Morgan fingerprint density at radius 3 is 2.44 bits per heavy atom. The Morgan fingerprint density at radius 1 is 1.11 bits per heavy atom. The lowest BCUT2D eigenvalue weighted by molar-refractivity contribution is -0.120. The topological polar surface area (TPSA) is 110 Å². The van der Waals surface area contributed by atoms with E-state index in [1.165, 1.54) is 25.3 Å². The molecule has 144 valence electrons. The molecular weight excluding hydrogens is 370 g/mol. The van der Waals surface area contributed by atoms with E-state index < -0.39 is 15.8 Å². The number of ether oxygens (including phenoxy) is 1. The molecule has 2 aromatic carbocycles. The quantitative estimate of drug-likeness (QED) is 0.709. The number of aromatic carboxylic acids is 1. The predicted octanol–water partition coefficient (Wildman–Crippen LogP) is 1.70. The van der Waals surface area contributed by atoms with Crippen molar-refractivity contribution in [2.45, 2.75) is 17.7 Å². The highest BCUT2D eigenvalue weighted by Gasteiger charge is 2.15. The lowest BCUT2D eigenvalue weighted by atomic mass is 10.1. The molecule has 0 spiro atoms. The van der Waals surface area contributed by atoms with E-state index >= 15 is 0 Å². The van der Waals surface area contributed by atoms with Crippen molar-refractivity contribution in [3.8, 4) is 5.75 Å². The van der Waals surface area contributed by atoms with Crippen molar-refractivity contribution in [3.63, 3.8) is 0 Å². The molecule has 0 atom stereocenters. The number of nitrogens with one attached hydrogen (secondary N) is 1. The van der Waals surface area contributed by atoms with E-state index in [1.54, 1.807) is 24.3 Å². The molecule has 0 saturated heterocycles. The fourth-order valence-electron chi connectivity index (χ4n) is 2.67. The van der Waals surface area contributed by atoms with Crippen LogP contribution in [0.25, 0.3) is 0 Å². The fraction of sp³-hybridized carbons (Fsp3) is 0.263. The van der Waals surface area contributed by atoms with Crippen LogP contribution in [-0.2, 0) is 27.5 Å². The summed E-state index contributed by atoms with van der Waals surface area (Å²) in [5.74, 6) is -0.906.